The monoisotopic (exact) mass is 311 g/mol. The van der Waals surface area contributed by atoms with Crippen LogP contribution in [-0.2, 0) is 11.3 Å². The number of nitrogens with zero attached hydrogens (tertiary/aromatic N) is 1. The molecule has 1 unspecified atom stereocenters. The number of hydrogen-bond acceptors (Lipinski definition) is 3. The Kier molecular flexibility index (Phi) is 8.28. The number of guanidine groups is 1. The highest BCUT2D eigenvalue weighted by Gasteiger charge is 2.06. The SMILES string of the molecule is CCNC(=NCc1ccc(OCC)c(F)c1)NC(C)COC. The number of nitrogens with one attached hydrogen (secondary N) is 2. The second kappa shape index (κ2) is 10.00. The van der Waals surface area contributed by atoms with Gasteiger partial charge in [0.05, 0.1) is 19.8 Å². The van der Waals surface area contributed by atoms with E-state index in [0.717, 1.165) is 12.1 Å². The molecule has 0 aliphatic rings. The molecule has 0 aliphatic carbocycles. The van der Waals surface area contributed by atoms with Crippen LogP contribution >= 0.6 is 0 Å². The molecule has 0 spiro atoms. The van der Waals surface area contributed by atoms with Gasteiger partial charge in [-0.05, 0) is 38.5 Å². The molecule has 6 heteroatoms. The fourth-order valence-corrected chi connectivity index (χ4v) is 1.93. The Morgan fingerprint density at radius 3 is 2.73 bits per heavy atom. The van der Waals surface area contributed by atoms with Gasteiger partial charge in [-0.2, -0.15) is 0 Å². The first-order valence-corrected chi connectivity index (χ1v) is 7.55. The van der Waals surface area contributed by atoms with E-state index in [4.69, 9.17) is 9.47 Å². The first-order chi connectivity index (χ1) is 10.6. The topological polar surface area (TPSA) is 54.9 Å². The summed E-state index contributed by atoms with van der Waals surface area (Å²) in [5.41, 5.74) is 0.789. The van der Waals surface area contributed by atoms with Gasteiger partial charge in [-0.25, -0.2) is 9.38 Å². The molecule has 0 saturated heterocycles. The second-order valence-corrected chi connectivity index (χ2v) is 4.89. The van der Waals surface area contributed by atoms with E-state index in [0.29, 0.717) is 25.7 Å². The predicted octanol–water partition coefficient (Wildman–Crippen LogP) is 2.31. The Bertz CT molecular complexity index is 480. The highest BCUT2D eigenvalue weighted by Crippen LogP contribution is 2.18. The smallest absolute Gasteiger partial charge is 0.191 e. The summed E-state index contributed by atoms with van der Waals surface area (Å²) in [5, 5.41) is 6.38. The molecule has 0 fully saturated rings. The van der Waals surface area contributed by atoms with Gasteiger partial charge < -0.3 is 20.1 Å². The molecule has 1 aromatic rings. The van der Waals surface area contributed by atoms with Crippen molar-refractivity contribution in [2.45, 2.75) is 33.4 Å². The zero-order valence-electron chi connectivity index (χ0n) is 13.8. The first kappa shape index (κ1) is 18.2. The predicted molar refractivity (Wildman–Crippen MR) is 86.9 cm³/mol. The van der Waals surface area contributed by atoms with Gasteiger partial charge in [-0.15, -0.1) is 0 Å². The molecular formula is C16H26FN3O2. The average Bonchev–Trinajstić information content (AvgIpc) is 2.48. The van der Waals surface area contributed by atoms with Crippen molar-refractivity contribution in [2.24, 2.45) is 4.99 Å². The van der Waals surface area contributed by atoms with E-state index in [9.17, 15) is 4.39 Å². The molecular weight excluding hydrogens is 285 g/mol. The second-order valence-electron chi connectivity index (χ2n) is 4.89. The van der Waals surface area contributed by atoms with E-state index in [1.165, 1.54) is 6.07 Å². The number of ether oxygens (including phenoxy) is 2. The van der Waals surface area contributed by atoms with Crippen LogP contribution in [0.4, 0.5) is 4.39 Å². The third-order valence-corrected chi connectivity index (χ3v) is 2.86. The summed E-state index contributed by atoms with van der Waals surface area (Å²) in [5.74, 6) is 0.593. The van der Waals surface area contributed by atoms with Crippen molar-refractivity contribution in [3.05, 3.63) is 29.6 Å². The van der Waals surface area contributed by atoms with Gasteiger partial charge in [-0.3, -0.25) is 0 Å². The fraction of sp³-hybridized carbons (Fsp3) is 0.562. The fourth-order valence-electron chi connectivity index (χ4n) is 1.93. The van der Waals surface area contributed by atoms with Crippen LogP contribution in [0.25, 0.3) is 0 Å². The van der Waals surface area contributed by atoms with Crippen molar-refractivity contribution >= 4 is 5.96 Å². The molecule has 1 aromatic carbocycles. The van der Waals surface area contributed by atoms with Crippen molar-refractivity contribution in [1.29, 1.82) is 0 Å². The molecule has 1 rings (SSSR count). The van der Waals surface area contributed by atoms with Crippen LogP contribution in [0.2, 0.25) is 0 Å². The lowest BCUT2D eigenvalue weighted by molar-refractivity contribution is 0.179. The summed E-state index contributed by atoms with van der Waals surface area (Å²) in [6.07, 6.45) is 0. The number of rotatable bonds is 8. The van der Waals surface area contributed by atoms with Gasteiger partial charge in [0.2, 0.25) is 0 Å². The van der Waals surface area contributed by atoms with Crippen molar-refractivity contribution in [2.75, 3.05) is 26.9 Å². The Morgan fingerprint density at radius 1 is 1.36 bits per heavy atom. The summed E-state index contributed by atoms with van der Waals surface area (Å²) >= 11 is 0. The number of aliphatic imine (C=N–C) groups is 1. The Labute approximate surface area is 131 Å². The molecule has 0 aromatic heterocycles. The maximum absolute atomic E-state index is 13.8. The van der Waals surface area contributed by atoms with Crippen LogP contribution in [-0.4, -0.2) is 38.9 Å². The molecule has 1 atom stereocenters. The zero-order chi connectivity index (χ0) is 16.4. The Hall–Kier alpha value is -1.82. The number of benzene rings is 1. The molecule has 5 nitrogen and oxygen atoms in total. The lowest BCUT2D eigenvalue weighted by Crippen LogP contribution is -2.43. The van der Waals surface area contributed by atoms with Crippen molar-refractivity contribution in [1.82, 2.24) is 10.6 Å². The Morgan fingerprint density at radius 2 is 2.14 bits per heavy atom. The van der Waals surface area contributed by atoms with Gasteiger partial charge in [0.25, 0.3) is 0 Å². The standard InChI is InChI=1S/C16H26FN3O2/c1-5-18-16(20-12(3)11-21-4)19-10-13-7-8-15(22-6-2)14(17)9-13/h7-9,12H,5-6,10-11H2,1-4H3,(H2,18,19,20). The molecule has 2 N–H and O–H groups in total. The van der Waals surface area contributed by atoms with Gasteiger partial charge in [0.15, 0.2) is 17.5 Å². The van der Waals surface area contributed by atoms with Crippen LogP contribution in [0, 0.1) is 5.82 Å². The summed E-state index contributed by atoms with van der Waals surface area (Å²) in [6.45, 7) is 8.00. The molecule has 0 aliphatic heterocycles. The van der Waals surface area contributed by atoms with E-state index in [1.54, 1.807) is 13.2 Å². The van der Waals surface area contributed by atoms with Gasteiger partial charge in [0.1, 0.15) is 0 Å². The normalized spacial score (nSPS) is 12.9. The van der Waals surface area contributed by atoms with Crippen molar-refractivity contribution in [3.8, 4) is 5.75 Å². The highest BCUT2D eigenvalue weighted by atomic mass is 19.1. The maximum Gasteiger partial charge on any atom is 0.191 e. The quantitative estimate of drug-likeness (QED) is 0.571. The third kappa shape index (κ3) is 6.30. The summed E-state index contributed by atoms with van der Waals surface area (Å²) in [6, 6.07) is 5.05. The number of methoxy groups -OCH3 is 1. The summed E-state index contributed by atoms with van der Waals surface area (Å²) < 4.78 is 24.1. The zero-order valence-corrected chi connectivity index (χ0v) is 13.8. The maximum atomic E-state index is 13.8. The van der Waals surface area contributed by atoms with Gasteiger partial charge in [-0.1, -0.05) is 6.07 Å². The first-order valence-electron chi connectivity index (χ1n) is 7.55. The molecule has 22 heavy (non-hydrogen) atoms. The summed E-state index contributed by atoms with van der Waals surface area (Å²) in [4.78, 5) is 4.45. The molecule has 0 amide bonds. The van der Waals surface area contributed by atoms with Gasteiger partial charge in [0, 0.05) is 19.7 Å². The van der Waals surface area contributed by atoms with Crippen LogP contribution in [0.15, 0.2) is 23.2 Å². The lowest BCUT2D eigenvalue weighted by Gasteiger charge is -2.17. The number of halogens is 1. The molecule has 0 radical (unpaired) electrons. The van der Waals surface area contributed by atoms with E-state index >= 15 is 0 Å². The average molecular weight is 311 g/mol. The lowest BCUT2D eigenvalue weighted by atomic mass is 10.2. The highest BCUT2D eigenvalue weighted by molar-refractivity contribution is 5.80. The van der Waals surface area contributed by atoms with E-state index in [-0.39, 0.29) is 17.6 Å². The largest absolute Gasteiger partial charge is 0.491 e. The van der Waals surface area contributed by atoms with Crippen LogP contribution in [0.1, 0.15) is 26.3 Å². The van der Waals surface area contributed by atoms with Crippen molar-refractivity contribution in [3.63, 3.8) is 0 Å². The molecule has 0 heterocycles. The number of hydrogen-bond donors (Lipinski definition) is 2. The Balaban J connectivity index is 2.70. The van der Waals surface area contributed by atoms with Crippen LogP contribution < -0.4 is 15.4 Å². The van der Waals surface area contributed by atoms with Gasteiger partial charge >= 0.3 is 0 Å². The van der Waals surface area contributed by atoms with E-state index in [1.807, 2.05) is 26.8 Å². The third-order valence-electron chi connectivity index (χ3n) is 2.86. The molecule has 124 valence electrons. The minimum atomic E-state index is -0.361. The summed E-state index contributed by atoms with van der Waals surface area (Å²) in [7, 11) is 1.66. The molecule has 0 saturated carbocycles. The molecule has 0 bridgehead atoms. The van der Waals surface area contributed by atoms with Crippen LogP contribution in [0.3, 0.4) is 0 Å². The van der Waals surface area contributed by atoms with Crippen molar-refractivity contribution < 1.29 is 13.9 Å². The van der Waals surface area contributed by atoms with E-state index in [2.05, 4.69) is 15.6 Å². The van der Waals surface area contributed by atoms with Crippen LogP contribution in [0.5, 0.6) is 5.75 Å². The van der Waals surface area contributed by atoms with E-state index < -0.39 is 0 Å². The minimum Gasteiger partial charge on any atom is -0.491 e. The minimum absolute atomic E-state index is 0.139.